The predicted octanol–water partition coefficient (Wildman–Crippen LogP) is 2.96. The zero-order valence-electron chi connectivity index (χ0n) is 15.4. The number of aliphatic imine (C=N–C) groups is 1. The maximum absolute atomic E-state index is 11.5. The van der Waals surface area contributed by atoms with Gasteiger partial charge in [-0.25, -0.2) is 13.4 Å². The summed E-state index contributed by atoms with van der Waals surface area (Å²) in [5.74, 6) is 0.597. The minimum absolute atomic E-state index is 0.308. The zero-order chi connectivity index (χ0) is 20.0. The van der Waals surface area contributed by atoms with Gasteiger partial charge in [0.05, 0.1) is 30.1 Å². The molecule has 0 aliphatic rings. The summed E-state index contributed by atoms with van der Waals surface area (Å²) in [6.07, 6.45) is 1.12. The minimum Gasteiger partial charge on any atom is -0.357 e. The first-order chi connectivity index (χ1) is 12.7. The SMILES string of the molecule is CCNC(=NCc1ccccc1NS(C)(=O)=O)NCc1cc(Cl)c(Cl)n1C. The number of aromatic nitrogens is 1. The molecule has 7 nitrogen and oxygen atoms in total. The number of sulfonamides is 1. The van der Waals surface area contributed by atoms with Crippen LogP contribution in [0.5, 0.6) is 0 Å². The third kappa shape index (κ3) is 6.34. The van der Waals surface area contributed by atoms with Crippen LogP contribution in [0.1, 0.15) is 18.2 Å². The van der Waals surface area contributed by atoms with Gasteiger partial charge in [0.2, 0.25) is 10.0 Å². The molecule has 1 heterocycles. The van der Waals surface area contributed by atoms with Gasteiger partial charge in [-0.1, -0.05) is 41.4 Å². The third-order valence-corrected chi connectivity index (χ3v) is 5.15. The fourth-order valence-electron chi connectivity index (χ4n) is 2.40. The Morgan fingerprint density at radius 1 is 1.22 bits per heavy atom. The van der Waals surface area contributed by atoms with Crippen LogP contribution in [-0.4, -0.2) is 31.7 Å². The van der Waals surface area contributed by atoms with Crippen molar-refractivity contribution in [3.63, 3.8) is 0 Å². The lowest BCUT2D eigenvalue weighted by Crippen LogP contribution is -2.37. The molecule has 1 aromatic carbocycles. The van der Waals surface area contributed by atoms with Crippen LogP contribution in [0.4, 0.5) is 5.69 Å². The van der Waals surface area contributed by atoms with Gasteiger partial charge in [0.1, 0.15) is 5.15 Å². The van der Waals surface area contributed by atoms with E-state index in [-0.39, 0.29) is 0 Å². The van der Waals surface area contributed by atoms with E-state index < -0.39 is 10.0 Å². The van der Waals surface area contributed by atoms with E-state index in [1.807, 2.05) is 26.1 Å². The van der Waals surface area contributed by atoms with E-state index in [4.69, 9.17) is 23.2 Å². The Bertz CT molecular complexity index is 925. The smallest absolute Gasteiger partial charge is 0.229 e. The standard InChI is InChI=1S/C17H23Cl2N5O2S/c1-4-20-17(22-11-13-9-14(18)16(19)24(13)2)21-10-12-7-5-6-8-15(12)23-27(3,25)26/h5-9,23H,4,10-11H2,1-3H3,(H2,20,21,22). The molecule has 0 saturated carbocycles. The molecule has 3 N–H and O–H groups in total. The van der Waals surface area contributed by atoms with E-state index in [1.165, 1.54) is 0 Å². The van der Waals surface area contributed by atoms with Gasteiger partial charge in [-0.2, -0.15) is 0 Å². The largest absolute Gasteiger partial charge is 0.357 e. The van der Waals surface area contributed by atoms with Crippen LogP contribution in [0.2, 0.25) is 10.2 Å². The van der Waals surface area contributed by atoms with E-state index in [0.717, 1.165) is 17.5 Å². The monoisotopic (exact) mass is 431 g/mol. The molecule has 0 aliphatic heterocycles. The van der Waals surface area contributed by atoms with Crippen molar-refractivity contribution in [1.82, 2.24) is 15.2 Å². The Morgan fingerprint density at radius 2 is 1.93 bits per heavy atom. The number of guanidine groups is 1. The van der Waals surface area contributed by atoms with Crippen LogP contribution < -0.4 is 15.4 Å². The fraction of sp³-hybridized carbons (Fsp3) is 0.353. The van der Waals surface area contributed by atoms with Gasteiger partial charge in [0, 0.05) is 19.3 Å². The van der Waals surface area contributed by atoms with Crippen LogP contribution >= 0.6 is 23.2 Å². The normalized spacial score (nSPS) is 12.1. The highest BCUT2D eigenvalue weighted by Crippen LogP contribution is 2.25. The number of nitrogens with zero attached hydrogens (tertiary/aromatic N) is 2. The molecule has 0 unspecified atom stereocenters. The lowest BCUT2D eigenvalue weighted by molar-refractivity contribution is 0.606. The third-order valence-electron chi connectivity index (χ3n) is 3.72. The molecule has 0 atom stereocenters. The lowest BCUT2D eigenvalue weighted by atomic mass is 10.2. The summed E-state index contributed by atoms with van der Waals surface area (Å²) in [5, 5.41) is 7.36. The molecule has 27 heavy (non-hydrogen) atoms. The van der Waals surface area contributed by atoms with Crippen molar-refractivity contribution < 1.29 is 8.42 Å². The van der Waals surface area contributed by atoms with Gasteiger partial charge in [0.25, 0.3) is 0 Å². The van der Waals surface area contributed by atoms with E-state index in [9.17, 15) is 8.42 Å². The molecule has 148 valence electrons. The van der Waals surface area contributed by atoms with Gasteiger partial charge in [-0.3, -0.25) is 4.72 Å². The molecule has 0 radical (unpaired) electrons. The van der Waals surface area contributed by atoms with Crippen molar-refractivity contribution in [2.75, 3.05) is 17.5 Å². The number of nitrogens with one attached hydrogen (secondary N) is 3. The number of para-hydroxylation sites is 1. The van der Waals surface area contributed by atoms with Crippen molar-refractivity contribution in [3.05, 3.63) is 51.8 Å². The molecule has 0 amide bonds. The second-order valence-corrected chi connectivity index (χ2v) is 8.43. The highest BCUT2D eigenvalue weighted by atomic mass is 35.5. The Kier molecular flexibility index (Phi) is 7.41. The maximum atomic E-state index is 11.5. The highest BCUT2D eigenvalue weighted by molar-refractivity contribution is 7.92. The Hall–Kier alpha value is -1.90. The van der Waals surface area contributed by atoms with Crippen LogP contribution in [0.15, 0.2) is 35.3 Å². The number of halogens is 2. The van der Waals surface area contributed by atoms with E-state index in [0.29, 0.717) is 41.5 Å². The fourth-order valence-corrected chi connectivity index (χ4v) is 3.41. The number of rotatable bonds is 7. The average Bonchev–Trinajstić information content (AvgIpc) is 2.84. The molecular formula is C17H23Cl2N5O2S. The molecule has 0 bridgehead atoms. The summed E-state index contributed by atoms with van der Waals surface area (Å²) in [6, 6.07) is 8.95. The summed E-state index contributed by atoms with van der Waals surface area (Å²) >= 11 is 12.1. The van der Waals surface area contributed by atoms with Crippen LogP contribution in [-0.2, 0) is 30.2 Å². The van der Waals surface area contributed by atoms with Crippen molar-refractivity contribution in [3.8, 4) is 0 Å². The summed E-state index contributed by atoms with van der Waals surface area (Å²) < 4.78 is 27.3. The Labute approximate surface area is 169 Å². The average molecular weight is 432 g/mol. The molecule has 10 heteroatoms. The Balaban J connectivity index is 2.13. The highest BCUT2D eigenvalue weighted by Gasteiger charge is 2.10. The van der Waals surface area contributed by atoms with Crippen molar-refractivity contribution in [2.24, 2.45) is 12.0 Å². The first kappa shape index (κ1) is 21.4. The van der Waals surface area contributed by atoms with Crippen molar-refractivity contribution in [1.29, 1.82) is 0 Å². The van der Waals surface area contributed by atoms with Gasteiger partial charge >= 0.3 is 0 Å². The minimum atomic E-state index is -3.36. The number of anilines is 1. The maximum Gasteiger partial charge on any atom is 0.229 e. The van der Waals surface area contributed by atoms with Crippen molar-refractivity contribution >= 4 is 44.9 Å². The molecule has 2 rings (SSSR count). The number of benzene rings is 1. The van der Waals surface area contributed by atoms with Crippen LogP contribution in [0.3, 0.4) is 0 Å². The molecule has 0 aliphatic carbocycles. The quantitative estimate of drug-likeness (QED) is 0.464. The summed E-state index contributed by atoms with van der Waals surface area (Å²) in [6.45, 7) is 3.44. The zero-order valence-corrected chi connectivity index (χ0v) is 17.7. The van der Waals surface area contributed by atoms with Crippen LogP contribution in [0, 0.1) is 0 Å². The molecule has 0 fully saturated rings. The Morgan fingerprint density at radius 3 is 2.52 bits per heavy atom. The van der Waals surface area contributed by atoms with Crippen molar-refractivity contribution in [2.45, 2.75) is 20.0 Å². The first-order valence-corrected chi connectivity index (χ1v) is 10.9. The lowest BCUT2D eigenvalue weighted by Gasteiger charge is -2.13. The molecule has 0 spiro atoms. The van der Waals surface area contributed by atoms with Crippen LogP contribution in [0.25, 0.3) is 0 Å². The second-order valence-electron chi connectivity index (χ2n) is 5.91. The topological polar surface area (TPSA) is 87.5 Å². The van der Waals surface area contributed by atoms with Gasteiger partial charge in [-0.05, 0) is 24.6 Å². The molecule has 0 saturated heterocycles. The summed E-state index contributed by atoms with van der Waals surface area (Å²) in [5.41, 5.74) is 2.19. The molecular weight excluding hydrogens is 409 g/mol. The van der Waals surface area contributed by atoms with E-state index in [2.05, 4.69) is 20.3 Å². The van der Waals surface area contributed by atoms with E-state index in [1.54, 1.807) is 22.8 Å². The van der Waals surface area contributed by atoms with Gasteiger partial charge in [-0.15, -0.1) is 0 Å². The van der Waals surface area contributed by atoms with E-state index >= 15 is 0 Å². The molecule has 2 aromatic rings. The molecule has 1 aromatic heterocycles. The number of hydrogen-bond donors (Lipinski definition) is 3. The summed E-state index contributed by atoms with van der Waals surface area (Å²) in [4.78, 5) is 4.53. The predicted molar refractivity (Wildman–Crippen MR) is 112 cm³/mol. The number of hydrogen-bond acceptors (Lipinski definition) is 3. The summed E-state index contributed by atoms with van der Waals surface area (Å²) in [7, 11) is -1.52. The first-order valence-electron chi connectivity index (χ1n) is 8.28. The second kappa shape index (κ2) is 9.34. The van der Waals surface area contributed by atoms with Gasteiger partial charge < -0.3 is 15.2 Å². The van der Waals surface area contributed by atoms with Gasteiger partial charge in [0.15, 0.2) is 5.96 Å².